The first-order valence-corrected chi connectivity index (χ1v) is 8.13. The molecule has 0 bridgehead atoms. The lowest BCUT2D eigenvalue weighted by Crippen LogP contribution is -2.24. The quantitative estimate of drug-likeness (QED) is 0.736. The molecule has 0 aromatic heterocycles. The first-order chi connectivity index (χ1) is 11.5. The van der Waals surface area contributed by atoms with E-state index >= 15 is 0 Å². The first kappa shape index (κ1) is 18.1. The van der Waals surface area contributed by atoms with Crippen LogP contribution in [-0.4, -0.2) is 39.3 Å². The summed E-state index contributed by atoms with van der Waals surface area (Å²) in [4.78, 5) is 2.25. The van der Waals surface area contributed by atoms with Crippen molar-refractivity contribution in [3.63, 3.8) is 0 Å². The normalized spacial score (nSPS) is 10.8. The van der Waals surface area contributed by atoms with Gasteiger partial charge in [0.25, 0.3) is 0 Å². The number of hydrogen-bond acceptors (Lipinski definition) is 4. The van der Waals surface area contributed by atoms with E-state index in [9.17, 15) is 0 Å². The van der Waals surface area contributed by atoms with Crippen molar-refractivity contribution < 1.29 is 14.2 Å². The molecule has 0 atom stereocenters. The molecule has 0 spiro atoms. The van der Waals surface area contributed by atoms with Crippen LogP contribution in [0.4, 0.5) is 0 Å². The predicted octanol–water partition coefficient (Wildman–Crippen LogP) is 3.83. The molecule has 0 radical (unpaired) electrons. The number of methoxy groups -OCH3 is 2. The number of benzene rings is 2. The molecular weight excluding hydrogens is 302 g/mol. The second kappa shape index (κ2) is 8.60. The Hall–Kier alpha value is -2.20. The zero-order chi connectivity index (χ0) is 17.5. The Kier molecular flexibility index (Phi) is 6.50. The summed E-state index contributed by atoms with van der Waals surface area (Å²) in [6, 6.07) is 12.1. The van der Waals surface area contributed by atoms with Crippen molar-refractivity contribution in [2.75, 3.05) is 34.4 Å². The number of hydrogen-bond donors (Lipinski definition) is 0. The topological polar surface area (TPSA) is 30.9 Å². The Morgan fingerprint density at radius 1 is 0.917 bits per heavy atom. The molecule has 24 heavy (non-hydrogen) atoms. The Morgan fingerprint density at radius 3 is 2.12 bits per heavy atom. The smallest absolute Gasteiger partial charge is 0.161 e. The lowest BCUT2D eigenvalue weighted by molar-refractivity contribution is 0.226. The van der Waals surface area contributed by atoms with E-state index in [1.807, 2.05) is 24.3 Å². The van der Waals surface area contributed by atoms with Gasteiger partial charge in [0.15, 0.2) is 11.5 Å². The summed E-state index contributed by atoms with van der Waals surface area (Å²) in [6.45, 7) is 6.49. The third kappa shape index (κ3) is 4.65. The molecule has 0 heterocycles. The fourth-order valence-electron chi connectivity index (χ4n) is 2.89. The minimum Gasteiger partial charge on any atom is -0.496 e. The van der Waals surface area contributed by atoms with Crippen molar-refractivity contribution in [3.05, 3.63) is 53.1 Å². The molecule has 0 aliphatic rings. The van der Waals surface area contributed by atoms with Gasteiger partial charge in [0, 0.05) is 13.1 Å². The van der Waals surface area contributed by atoms with E-state index in [0.717, 1.165) is 30.3 Å². The fourth-order valence-corrected chi connectivity index (χ4v) is 2.89. The van der Waals surface area contributed by atoms with Gasteiger partial charge in [-0.15, -0.1) is 0 Å². The summed E-state index contributed by atoms with van der Waals surface area (Å²) in [5.41, 5.74) is 3.63. The Labute approximate surface area is 145 Å². The second-order valence-electron chi connectivity index (χ2n) is 6.00. The van der Waals surface area contributed by atoms with E-state index in [0.29, 0.717) is 6.61 Å². The molecule has 0 aliphatic heterocycles. The van der Waals surface area contributed by atoms with Gasteiger partial charge >= 0.3 is 0 Å². The van der Waals surface area contributed by atoms with Crippen LogP contribution in [0.2, 0.25) is 0 Å². The van der Waals surface area contributed by atoms with Crippen LogP contribution in [0.5, 0.6) is 17.2 Å². The highest BCUT2D eigenvalue weighted by molar-refractivity contribution is 5.43. The van der Waals surface area contributed by atoms with Gasteiger partial charge in [0.1, 0.15) is 12.4 Å². The van der Waals surface area contributed by atoms with Gasteiger partial charge < -0.3 is 14.2 Å². The van der Waals surface area contributed by atoms with Gasteiger partial charge in [-0.25, -0.2) is 0 Å². The van der Waals surface area contributed by atoms with Gasteiger partial charge in [-0.05, 0) is 49.7 Å². The Morgan fingerprint density at radius 2 is 1.54 bits per heavy atom. The largest absolute Gasteiger partial charge is 0.496 e. The van der Waals surface area contributed by atoms with E-state index in [-0.39, 0.29) is 0 Å². The van der Waals surface area contributed by atoms with Crippen LogP contribution in [0.1, 0.15) is 16.7 Å². The minimum atomic E-state index is 0.616. The molecule has 2 aromatic carbocycles. The first-order valence-electron chi connectivity index (χ1n) is 8.13. The van der Waals surface area contributed by atoms with Crippen molar-refractivity contribution >= 4 is 0 Å². The van der Waals surface area contributed by atoms with E-state index in [4.69, 9.17) is 14.2 Å². The van der Waals surface area contributed by atoms with Gasteiger partial charge in [-0.1, -0.05) is 24.3 Å². The Bertz CT molecular complexity index is 647. The molecule has 4 heteroatoms. The van der Waals surface area contributed by atoms with Crippen molar-refractivity contribution in [2.24, 2.45) is 0 Å². The average Bonchev–Trinajstić information content (AvgIpc) is 2.55. The Balaban J connectivity index is 1.88. The number of nitrogens with zero attached hydrogens (tertiary/aromatic N) is 1. The third-order valence-corrected chi connectivity index (χ3v) is 3.98. The summed E-state index contributed by atoms with van der Waals surface area (Å²) >= 11 is 0. The number of ether oxygens (including phenoxy) is 3. The highest BCUT2D eigenvalue weighted by Gasteiger charge is 2.08. The van der Waals surface area contributed by atoms with Gasteiger partial charge in [0.2, 0.25) is 0 Å². The van der Waals surface area contributed by atoms with Crippen LogP contribution < -0.4 is 14.2 Å². The summed E-state index contributed by atoms with van der Waals surface area (Å²) in [5.74, 6) is 2.52. The second-order valence-corrected chi connectivity index (χ2v) is 6.00. The van der Waals surface area contributed by atoms with Crippen LogP contribution in [0.25, 0.3) is 0 Å². The maximum Gasteiger partial charge on any atom is 0.161 e. The lowest BCUT2D eigenvalue weighted by Gasteiger charge is -2.19. The van der Waals surface area contributed by atoms with Crippen molar-refractivity contribution in [1.82, 2.24) is 4.90 Å². The van der Waals surface area contributed by atoms with E-state index < -0.39 is 0 Å². The number of para-hydroxylation sites is 2. The average molecular weight is 329 g/mol. The third-order valence-electron chi connectivity index (χ3n) is 3.98. The number of likely N-dealkylation sites (N-methyl/N-ethyl adjacent to an activating group) is 1. The van der Waals surface area contributed by atoms with Gasteiger partial charge in [0.05, 0.1) is 14.2 Å². The van der Waals surface area contributed by atoms with Crippen molar-refractivity contribution in [1.29, 1.82) is 0 Å². The van der Waals surface area contributed by atoms with Crippen molar-refractivity contribution in [3.8, 4) is 17.2 Å². The standard InChI is InChI=1S/C20H27NO3/c1-15-12-17(13-16(2)20(15)23-5)14-21(3)10-11-24-19-9-7-6-8-18(19)22-4/h6-9,12-13H,10-11,14H2,1-5H3. The van der Waals surface area contributed by atoms with E-state index in [2.05, 4.69) is 37.9 Å². The predicted molar refractivity (Wildman–Crippen MR) is 97.3 cm³/mol. The molecule has 4 nitrogen and oxygen atoms in total. The van der Waals surface area contributed by atoms with Crippen molar-refractivity contribution in [2.45, 2.75) is 20.4 Å². The number of aryl methyl sites for hydroxylation is 2. The molecule has 2 rings (SSSR count). The fraction of sp³-hybridized carbons (Fsp3) is 0.400. The van der Waals surface area contributed by atoms with Gasteiger partial charge in [-0.3, -0.25) is 4.90 Å². The molecular formula is C20H27NO3. The zero-order valence-electron chi connectivity index (χ0n) is 15.3. The van der Waals surface area contributed by atoms with Gasteiger partial charge in [-0.2, -0.15) is 0 Å². The summed E-state index contributed by atoms with van der Waals surface area (Å²) in [7, 11) is 5.47. The summed E-state index contributed by atoms with van der Waals surface area (Å²) in [6.07, 6.45) is 0. The maximum atomic E-state index is 5.83. The SMILES string of the molecule is COc1ccccc1OCCN(C)Cc1cc(C)c(OC)c(C)c1. The summed E-state index contributed by atoms with van der Waals surface area (Å²) < 4.78 is 16.6. The van der Waals surface area contributed by atoms with E-state index in [1.165, 1.54) is 16.7 Å². The highest BCUT2D eigenvalue weighted by Crippen LogP contribution is 2.26. The molecule has 130 valence electrons. The molecule has 0 fully saturated rings. The molecule has 0 saturated heterocycles. The molecule has 0 N–H and O–H groups in total. The zero-order valence-corrected chi connectivity index (χ0v) is 15.3. The van der Waals surface area contributed by atoms with E-state index in [1.54, 1.807) is 14.2 Å². The lowest BCUT2D eigenvalue weighted by atomic mass is 10.1. The monoisotopic (exact) mass is 329 g/mol. The molecule has 2 aromatic rings. The van der Waals surface area contributed by atoms with Crippen LogP contribution in [0, 0.1) is 13.8 Å². The van der Waals surface area contributed by atoms with Crippen LogP contribution >= 0.6 is 0 Å². The molecule has 0 unspecified atom stereocenters. The van der Waals surface area contributed by atoms with Crippen LogP contribution in [-0.2, 0) is 6.54 Å². The molecule has 0 amide bonds. The van der Waals surface area contributed by atoms with Crippen LogP contribution in [0.15, 0.2) is 36.4 Å². The minimum absolute atomic E-state index is 0.616. The highest BCUT2D eigenvalue weighted by atomic mass is 16.5. The molecule has 0 saturated carbocycles. The summed E-state index contributed by atoms with van der Waals surface area (Å²) in [5, 5.41) is 0. The maximum absolute atomic E-state index is 5.83. The number of rotatable bonds is 8. The van der Waals surface area contributed by atoms with Crippen LogP contribution in [0.3, 0.4) is 0 Å². The molecule has 0 aliphatic carbocycles.